The highest BCUT2D eigenvalue weighted by molar-refractivity contribution is 5.31. The molecule has 3 heteroatoms. The highest BCUT2D eigenvalue weighted by Crippen LogP contribution is 2.25. The van der Waals surface area contributed by atoms with Crippen LogP contribution >= 0.6 is 0 Å². The summed E-state index contributed by atoms with van der Waals surface area (Å²) in [5, 5.41) is 20.7. The molecule has 1 heterocycles. The van der Waals surface area contributed by atoms with Gasteiger partial charge in [0.1, 0.15) is 12.2 Å². The zero-order valence-electron chi connectivity index (χ0n) is 11.5. The van der Waals surface area contributed by atoms with Crippen LogP contribution < -0.4 is 0 Å². The van der Waals surface area contributed by atoms with Gasteiger partial charge in [-0.1, -0.05) is 60.7 Å². The van der Waals surface area contributed by atoms with Gasteiger partial charge in [0.15, 0.2) is 0 Å². The van der Waals surface area contributed by atoms with Crippen molar-refractivity contribution in [2.24, 2.45) is 0 Å². The maximum Gasteiger partial charge on any atom is 0.119 e. The molecule has 3 aromatic rings. The molecule has 3 rings (SSSR count). The first-order valence-corrected chi connectivity index (χ1v) is 6.90. The van der Waals surface area contributed by atoms with E-state index in [-0.39, 0.29) is 0 Å². The van der Waals surface area contributed by atoms with E-state index < -0.39 is 12.2 Å². The molecular formula is C18H17NO2. The Kier molecular flexibility index (Phi) is 3.86. The summed E-state index contributed by atoms with van der Waals surface area (Å²) in [5.74, 6) is 0. The number of hydrogen-bond donors (Lipinski definition) is 3. The van der Waals surface area contributed by atoms with E-state index in [9.17, 15) is 10.2 Å². The van der Waals surface area contributed by atoms with Crippen LogP contribution in [0.3, 0.4) is 0 Å². The van der Waals surface area contributed by atoms with Crippen molar-refractivity contribution in [2.45, 2.75) is 12.2 Å². The van der Waals surface area contributed by atoms with Gasteiger partial charge in [-0.3, -0.25) is 0 Å². The molecule has 0 aliphatic carbocycles. The molecule has 1 aromatic heterocycles. The van der Waals surface area contributed by atoms with Crippen molar-refractivity contribution in [3.63, 3.8) is 0 Å². The van der Waals surface area contributed by atoms with Crippen LogP contribution in [0.2, 0.25) is 0 Å². The first kappa shape index (κ1) is 13.6. The molecule has 106 valence electrons. The maximum absolute atomic E-state index is 10.3. The maximum atomic E-state index is 10.3. The van der Waals surface area contributed by atoms with Gasteiger partial charge in [0, 0.05) is 11.4 Å². The van der Waals surface area contributed by atoms with Gasteiger partial charge in [-0.05, 0) is 23.3 Å². The fourth-order valence-electron chi connectivity index (χ4n) is 2.38. The Morgan fingerprint density at radius 3 is 1.33 bits per heavy atom. The van der Waals surface area contributed by atoms with Gasteiger partial charge in [-0.25, -0.2) is 0 Å². The molecule has 0 aliphatic heterocycles. The van der Waals surface area contributed by atoms with Gasteiger partial charge in [-0.15, -0.1) is 0 Å². The zero-order chi connectivity index (χ0) is 14.7. The third-order valence-corrected chi connectivity index (χ3v) is 3.55. The molecule has 0 saturated heterocycles. The zero-order valence-corrected chi connectivity index (χ0v) is 11.5. The fourth-order valence-corrected chi connectivity index (χ4v) is 2.38. The van der Waals surface area contributed by atoms with Crippen LogP contribution in [0, 0.1) is 0 Å². The molecule has 2 aromatic carbocycles. The minimum Gasteiger partial charge on any atom is -0.382 e. The summed E-state index contributed by atoms with van der Waals surface area (Å²) in [4.78, 5) is 3.11. The lowest BCUT2D eigenvalue weighted by molar-refractivity contribution is 0.207. The van der Waals surface area contributed by atoms with E-state index >= 15 is 0 Å². The number of aliphatic hydroxyl groups excluding tert-OH is 2. The molecule has 3 N–H and O–H groups in total. The van der Waals surface area contributed by atoms with E-state index in [1.165, 1.54) is 0 Å². The van der Waals surface area contributed by atoms with E-state index in [2.05, 4.69) is 4.98 Å². The summed E-state index contributed by atoms with van der Waals surface area (Å²) in [5.41, 5.74) is 2.98. The Morgan fingerprint density at radius 1 is 0.571 bits per heavy atom. The number of H-pyrrole nitrogens is 1. The number of aromatic nitrogens is 1. The Hall–Kier alpha value is -2.36. The van der Waals surface area contributed by atoms with Crippen molar-refractivity contribution >= 4 is 0 Å². The topological polar surface area (TPSA) is 56.2 Å². The molecule has 0 saturated carbocycles. The number of nitrogens with one attached hydrogen (secondary N) is 1. The standard InChI is InChI=1S/C18H17NO2/c20-17(13-7-3-1-4-8-13)15-11-12-16(19-15)18(21)14-9-5-2-6-10-14/h1-12,17-21H. The van der Waals surface area contributed by atoms with Gasteiger partial charge in [0.05, 0.1) is 0 Å². The summed E-state index contributed by atoms with van der Waals surface area (Å²) in [6, 6.07) is 22.5. The van der Waals surface area contributed by atoms with Crippen molar-refractivity contribution in [3.8, 4) is 0 Å². The van der Waals surface area contributed by atoms with E-state index in [0.717, 1.165) is 11.1 Å². The van der Waals surface area contributed by atoms with Gasteiger partial charge < -0.3 is 15.2 Å². The summed E-state index contributed by atoms with van der Waals surface area (Å²) >= 11 is 0. The third kappa shape index (κ3) is 2.89. The molecule has 21 heavy (non-hydrogen) atoms. The van der Waals surface area contributed by atoms with Gasteiger partial charge >= 0.3 is 0 Å². The average Bonchev–Trinajstić information content (AvgIpc) is 3.05. The number of hydrogen-bond acceptors (Lipinski definition) is 2. The van der Waals surface area contributed by atoms with E-state index in [4.69, 9.17) is 0 Å². The molecule has 2 unspecified atom stereocenters. The molecular weight excluding hydrogens is 262 g/mol. The molecule has 0 aliphatic rings. The van der Waals surface area contributed by atoms with Gasteiger partial charge in [0.2, 0.25) is 0 Å². The van der Waals surface area contributed by atoms with E-state index in [0.29, 0.717) is 11.4 Å². The first-order chi connectivity index (χ1) is 10.3. The monoisotopic (exact) mass is 279 g/mol. The van der Waals surface area contributed by atoms with Crippen molar-refractivity contribution in [1.29, 1.82) is 0 Å². The minimum absolute atomic E-state index is 0.672. The molecule has 2 atom stereocenters. The Balaban J connectivity index is 1.84. The molecule has 0 bridgehead atoms. The summed E-state index contributed by atoms with van der Waals surface area (Å²) in [7, 11) is 0. The Morgan fingerprint density at radius 2 is 0.952 bits per heavy atom. The highest BCUT2D eigenvalue weighted by atomic mass is 16.3. The first-order valence-electron chi connectivity index (χ1n) is 6.90. The predicted octanol–water partition coefficient (Wildman–Crippen LogP) is 3.18. The summed E-state index contributed by atoms with van der Waals surface area (Å²) < 4.78 is 0. The Bertz CT molecular complexity index is 632. The number of aromatic amines is 1. The van der Waals surface area contributed by atoms with E-state index in [1.54, 1.807) is 12.1 Å². The lowest BCUT2D eigenvalue weighted by Gasteiger charge is -2.11. The predicted molar refractivity (Wildman–Crippen MR) is 81.8 cm³/mol. The van der Waals surface area contributed by atoms with Gasteiger partial charge in [0.25, 0.3) is 0 Å². The largest absolute Gasteiger partial charge is 0.382 e. The fraction of sp³-hybridized carbons (Fsp3) is 0.111. The van der Waals surface area contributed by atoms with Crippen LogP contribution in [0.25, 0.3) is 0 Å². The van der Waals surface area contributed by atoms with Crippen molar-refractivity contribution < 1.29 is 10.2 Å². The third-order valence-electron chi connectivity index (χ3n) is 3.55. The second-order valence-electron chi connectivity index (χ2n) is 5.00. The molecule has 0 amide bonds. The van der Waals surface area contributed by atoms with Crippen molar-refractivity contribution in [2.75, 3.05) is 0 Å². The van der Waals surface area contributed by atoms with Crippen LogP contribution in [0.15, 0.2) is 72.8 Å². The van der Waals surface area contributed by atoms with Crippen LogP contribution in [0.1, 0.15) is 34.7 Å². The van der Waals surface area contributed by atoms with Crippen LogP contribution in [0.4, 0.5) is 0 Å². The summed E-state index contributed by atoms with van der Waals surface area (Å²) in [6.07, 6.45) is -1.44. The normalized spacial score (nSPS) is 13.8. The smallest absolute Gasteiger partial charge is 0.119 e. The van der Waals surface area contributed by atoms with E-state index in [1.807, 2.05) is 60.7 Å². The van der Waals surface area contributed by atoms with Crippen LogP contribution in [-0.4, -0.2) is 15.2 Å². The molecule has 0 radical (unpaired) electrons. The molecule has 3 nitrogen and oxygen atoms in total. The minimum atomic E-state index is -0.720. The summed E-state index contributed by atoms with van der Waals surface area (Å²) in [6.45, 7) is 0. The Labute approximate surface area is 123 Å². The second kappa shape index (κ2) is 5.95. The number of rotatable bonds is 4. The second-order valence-corrected chi connectivity index (χ2v) is 5.00. The number of aliphatic hydroxyl groups is 2. The van der Waals surface area contributed by atoms with Crippen LogP contribution in [-0.2, 0) is 0 Å². The van der Waals surface area contributed by atoms with Crippen molar-refractivity contribution in [1.82, 2.24) is 4.98 Å². The van der Waals surface area contributed by atoms with Crippen molar-refractivity contribution in [3.05, 3.63) is 95.3 Å². The molecule has 0 fully saturated rings. The van der Waals surface area contributed by atoms with Crippen LogP contribution in [0.5, 0.6) is 0 Å². The number of benzene rings is 2. The molecule has 0 spiro atoms. The lowest BCUT2D eigenvalue weighted by atomic mass is 10.1. The van der Waals surface area contributed by atoms with Gasteiger partial charge in [-0.2, -0.15) is 0 Å². The average molecular weight is 279 g/mol. The quantitative estimate of drug-likeness (QED) is 0.687. The lowest BCUT2D eigenvalue weighted by Crippen LogP contribution is -2.03. The SMILES string of the molecule is OC(c1ccccc1)c1ccc(C(O)c2ccccc2)[nH]1. The highest BCUT2D eigenvalue weighted by Gasteiger charge is 2.16.